The van der Waals surface area contributed by atoms with Crippen LogP contribution >= 0.6 is 0 Å². The van der Waals surface area contributed by atoms with Crippen LogP contribution in [0.1, 0.15) is 53.0 Å². The van der Waals surface area contributed by atoms with Gasteiger partial charge < -0.3 is 15.0 Å². The number of Topliss-reactive ketones (excluding diaryl/α,β-unsaturated/α-hetero) is 1. The summed E-state index contributed by atoms with van der Waals surface area (Å²) in [6, 6.07) is 13.4. The number of rotatable bonds is 7. The number of carbonyl (C=O) groups excluding carboxylic acids is 4. The number of ketones is 1. The molecule has 2 aromatic rings. The predicted molar refractivity (Wildman–Crippen MR) is 111 cm³/mol. The molecule has 7 nitrogen and oxygen atoms in total. The molecule has 0 radical (unpaired) electrons. The first kappa shape index (κ1) is 21.2. The first-order chi connectivity index (χ1) is 14.3. The third-order valence-corrected chi connectivity index (χ3v) is 4.92. The largest absolute Gasteiger partial charge is 0.449 e. The number of anilines is 1. The van der Waals surface area contributed by atoms with E-state index in [1.165, 1.54) is 13.8 Å². The maximum atomic E-state index is 12.4. The minimum Gasteiger partial charge on any atom is -0.449 e. The van der Waals surface area contributed by atoms with Crippen LogP contribution in [0, 0.1) is 0 Å². The summed E-state index contributed by atoms with van der Waals surface area (Å²) in [4.78, 5) is 49.6. The molecule has 156 valence electrons. The lowest BCUT2D eigenvalue weighted by Gasteiger charge is -2.16. The van der Waals surface area contributed by atoms with E-state index in [1.54, 1.807) is 53.4 Å². The van der Waals surface area contributed by atoms with Crippen molar-refractivity contribution >= 4 is 29.3 Å². The lowest BCUT2D eigenvalue weighted by atomic mass is 10.1. The van der Waals surface area contributed by atoms with Gasteiger partial charge in [-0.25, -0.2) is 4.79 Å². The Morgan fingerprint density at radius 1 is 1.10 bits per heavy atom. The van der Waals surface area contributed by atoms with Gasteiger partial charge in [-0.05, 0) is 50.1 Å². The Kier molecular flexibility index (Phi) is 6.61. The van der Waals surface area contributed by atoms with Gasteiger partial charge in [0, 0.05) is 30.8 Å². The summed E-state index contributed by atoms with van der Waals surface area (Å²) in [6.45, 7) is 4.20. The SMILES string of the molecule is CC(=O)c1cccc(NC(=O)[C@H](C)OC(=O)c2ccc(CN3CCCC3=O)cc2)c1. The van der Waals surface area contributed by atoms with Crippen LogP contribution in [-0.2, 0) is 20.9 Å². The predicted octanol–water partition coefficient (Wildman–Crippen LogP) is 3.20. The maximum absolute atomic E-state index is 12.4. The molecule has 1 saturated heterocycles. The van der Waals surface area contributed by atoms with E-state index in [9.17, 15) is 19.2 Å². The summed E-state index contributed by atoms with van der Waals surface area (Å²) >= 11 is 0. The second-order valence-corrected chi connectivity index (χ2v) is 7.29. The molecule has 1 aliphatic heterocycles. The van der Waals surface area contributed by atoms with Gasteiger partial charge in [-0.3, -0.25) is 14.4 Å². The Morgan fingerprint density at radius 3 is 2.47 bits per heavy atom. The number of benzene rings is 2. The van der Waals surface area contributed by atoms with Gasteiger partial charge >= 0.3 is 5.97 Å². The number of nitrogens with one attached hydrogen (secondary N) is 1. The van der Waals surface area contributed by atoms with Crippen molar-refractivity contribution in [1.29, 1.82) is 0 Å². The Balaban J connectivity index is 1.55. The van der Waals surface area contributed by atoms with Crippen LogP contribution in [0.3, 0.4) is 0 Å². The van der Waals surface area contributed by atoms with Crippen LogP contribution < -0.4 is 5.32 Å². The number of likely N-dealkylation sites (tertiary alicyclic amines) is 1. The van der Waals surface area contributed by atoms with Crippen LogP contribution in [0.4, 0.5) is 5.69 Å². The maximum Gasteiger partial charge on any atom is 0.338 e. The van der Waals surface area contributed by atoms with Crippen molar-refractivity contribution in [3.63, 3.8) is 0 Å². The minimum atomic E-state index is -1.01. The molecule has 2 aromatic carbocycles. The van der Waals surface area contributed by atoms with Gasteiger partial charge in [-0.15, -0.1) is 0 Å². The van der Waals surface area contributed by atoms with Crippen molar-refractivity contribution < 1.29 is 23.9 Å². The van der Waals surface area contributed by atoms with Crippen molar-refractivity contribution in [3.05, 3.63) is 65.2 Å². The first-order valence-corrected chi connectivity index (χ1v) is 9.83. The summed E-state index contributed by atoms with van der Waals surface area (Å²) in [5, 5.41) is 2.64. The molecule has 1 N–H and O–H groups in total. The highest BCUT2D eigenvalue weighted by atomic mass is 16.5. The summed E-state index contributed by atoms with van der Waals surface area (Å²) in [5.41, 5.74) is 2.19. The number of ether oxygens (including phenoxy) is 1. The van der Waals surface area contributed by atoms with Gasteiger partial charge in [-0.2, -0.15) is 0 Å². The Labute approximate surface area is 175 Å². The van der Waals surface area contributed by atoms with E-state index in [0.29, 0.717) is 29.8 Å². The smallest absolute Gasteiger partial charge is 0.338 e. The highest BCUT2D eigenvalue weighted by molar-refractivity contribution is 5.99. The highest BCUT2D eigenvalue weighted by Crippen LogP contribution is 2.16. The molecule has 1 aliphatic rings. The van der Waals surface area contributed by atoms with Crippen LogP contribution in [0.5, 0.6) is 0 Å². The topological polar surface area (TPSA) is 92.8 Å². The zero-order valence-electron chi connectivity index (χ0n) is 17.0. The summed E-state index contributed by atoms with van der Waals surface area (Å²) in [6.07, 6.45) is 0.450. The molecule has 3 rings (SSSR count). The fraction of sp³-hybridized carbons (Fsp3) is 0.304. The molecule has 1 heterocycles. The van der Waals surface area contributed by atoms with E-state index in [4.69, 9.17) is 4.74 Å². The molecule has 2 amide bonds. The van der Waals surface area contributed by atoms with Gasteiger partial charge in [0.1, 0.15) is 0 Å². The molecule has 0 bridgehead atoms. The number of nitrogens with zero attached hydrogens (tertiary/aromatic N) is 1. The zero-order valence-corrected chi connectivity index (χ0v) is 17.0. The number of hydrogen-bond donors (Lipinski definition) is 1. The van der Waals surface area contributed by atoms with Crippen molar-refractivity contribution in [1.82, 2.24) is 4.90 Å². The minimum absolute atomic E-state index is 0.108. The quantitative estimate of drug-likeness (QED) is 0.561. The summed E-state index contributed by atoms with van der Waals surface area (Å²) in [5.74, 6) is -1.07. The molecule has 0 unspecified atom stereocenters. The standard InChI is InChI=1S/C23H24N2O5/c1-15(26)19-5-3-6-20(13-19)24-22(28)16(2)30-23(29)18-10-8-17(9-11-18)14-25-12-4-7-21(25)27/h3,5-6,8-11,13,16H,4,7,12,14H2,1-2H3,(H,24,28)/t16-/m0/s1. The van der Waals surface area contributed by atoms with Gasteiger partial charge in [0.2, 0.25) is 5.91 Å². The molecular formula is C23H24N2O5. The second kappa shape index (κ2) is 9.35. The van der Waals surface area contributed by atoms with Crippen molar-refractivity contribution in [2.24, 2.45) is 0 Å². The zero-order chi connectivity index (χ0) is 21.7. The number of esters is 1. The molecular weight excluding hydrogens is 384 g/mol. The fourth-order valence-corrected chi connectivity index (χ4v) is 3.18. The normalized spacial score (nSPS) is 14.3. The fourth-order valence-electron chi connectivity index (χ4n) is 3.18. The highest BCUT2D eigenvalue weighted by Gasteiger charge is 2.21. The molecule has 1 fully saturated rings. The van der Waals surface area contributed by atoms with Gasteiger partial charge in [0.25, 0.3) is 5.91 Å². The Bertz CT molecular complexity index is 968. The van der Waals surface area contributed by atoms with E-state index in [1.807, 2.05) is 0 Å². The number of amides is 2. The first-order valence-electron chi connectivity index (χ1n) is 9.83. The monoisotopic (exact) mass is 408 g/mol. The summed E-state index contributed by atoms with van der Waals surface area (Å²) in [7, 11) is 0. The number of hydrogen-bond acceptors (Lipinski definition) is 5. The van der Waals surface area contributed by atoms with Gasteiger partial charge in [-0.1, -0.05) is 24.3 Å². The van der Waals surface area contributed by atoms with Crippen LogP contribution in [-0.4, -0.2) is 41.1 Å². The average molecular weight is 408 g/mol. The van der Waals surface area contributed by atoms with Crippen LogP contribution in [0.2, 0.25) is 0 Å². The molecule has 7 heteroatoms. The van der Waals surface area contributed by atoms with Crippen molar-refractivity contribution in [3.8, 4) is 0 Å². The van der Waals surface area contributed by atoms with E-state index >= 15 is 0 Å². The van der Waals surface area contributed by atoms with Crippen molar-refractivity contribution in [2.75, 3.05) is 11.9 Å². The molecule has 0 spiro atoms. The lowest BCUT2D eigenvalue weighted by Crippen LogP contribution is -2.30. The Hall–Kier alpha value is -3.48. The van der Waals surface area contributed by atoms with Gasteiger partial charge in [0.05, 0.1) is 5.56 Å². The molecule has 0 aromatic heterocycles. The van der Waals surface area contributed by atoms with Crippen molar-refractivity contribution in [2.45, 2.75) is 39.3 Å². The third kappa shape index (κ3) is 5.31. The second-order valence-electron chi connectivity index (χ2n) is 7.29. The van der Waals surface area contributed by atoms with E-state index in [2.05, 4.69) is 5.32 Å². The molecule has 30 heavy (non-hydrogen) atoms. The third-order valence-electron chi connectivity index (χ3n) is 4.92. The molecule has 0 saturated carbocycles. The lowest BCUT2D eigenvalue weighted by molar-refractivity contribution is -0.128. The van der Waals surface area contributed by atoms with E-state index in [-0.39, 0.29) is 11.7 Å². The van der Waals surface area contributed by atoms with E-state index < -0.39 is 18.0 Å². The molecule has 1 atom stereocenters. The molecule has 0 aliphatic carbocycles. The van der Waals surface area contributed by atoms with Gasteiger partial charge in [0.15, 0.2) is 11.9 Å². The summed E-state index contributed by atoms with van der Waals surface area (Å²) < 4.78 is 5.26. The Morgan fingerprint density at radius 2 is 1.83 bits per heavy atom. The van der Waals surface area contributed by atoms with Crippen LogP contribution in [0.15, 0.2) is 48.5 Å². The average Bonchev–Trinajstić information content (AvgIpc) is 3.13. The van der Waals surface area contributed by atoms with Crippen LogP contribution in [0.25, 0.3) is 0 Å². The number of carbonyl (C=O) groups is 4. The van der Waals surface area contributed by atoms with E-state index in [0.717, 1.165) is 18.5 Å².